The topological polar surface area (TPSA) is 132 Å². The average Bonchev–Trinajstić information content (AvgIpc) is 2.88. The number of fused-ring (bicyclic) bond motifs is 1. The van der Waals surface area contributed by atoms with Crippen molar-refractivity contribution in [1.29, 1.82) is 0 Å². The third-order valence-corrected chi connectivity index (χ3v) is 6.42. The van der Waals surface area contributed by atoms with Crippen LogP contribution in [0.1, 0.15) is 24.3 Å². The van der Waals surface area contributed by atoms with Crippen molar-refractivity contribution >= 4 is 20.0 Å². The van der Waals surface area contributed by atoms with Crippen molar-refractivity contribution in [3.05, 3.63) is 56.2 Å². The maximum absolute atomic E-state index is 15.5. The van der Waals surface area contributed by atoms with Gasteiger partial charge < -0.3 is 19.5 Å². The number of aromatic amines is 1. The fourth-order valence-corrected chi connectivity index (χ4v) is 4.91. The Morgan fingerprint density at radius 1 is 1.48 bits per heavy atom. The lowest BCUT2D eigenvalue weighted by Crippen LogP contribution is -2.43. The van der Waals surface area contributed by atoms with E-state index in [4.69, 9.17) is 31.9 Å². The maximum Gasteiger partial charge on any atom is 0.530 e. The lowest BCUT2D eigenvalue weighted by Gasteiger charge is -2.29. The summed E-state index contributed by atoms with van der Waals surface area (Å²) in [6, 6.07) is 4.56. The number of alkyl halides is 1. The standard InChI is InChI=1S/C18H20FN2O8PS/c1-9-5-10(2)14-11(6-9)7-26-30(25,29-14)27-8-18(19)15(24)13(23)16(28-18)21-4-3-12(22)20-17(21)31/h3-6,13,15-16,23-24H,7-8H2,1-2H3,(H,20,22,31)/t13-,15+,16-,18-,30?/m1/s1/i16D. The second-order valence-electron chi connectivity index (χ2n) is 7.25. The van der Waals surface area contributed by atoms with E-state index in [0.29, 0.717) is 11.1 Å². The Balaban J connectivity index is 1.56. The predicted octanol–water partition coefficient (Wildman–Crippen LogP) is 2.17. The predicted molar refractivity (Wildman–Crippen MR) is 107 cm³/mol. The van der Waals surface area contributed by atoms with E-state index < -0.39 is 44.3 Å². The van der Waals surface area contributed by atoms with Gasteiger partial charge in [0, 0.05) is 17.8 Å². The fourth-order valence-electron chi connectivity index (χ4n) is 3.36. The van der Waals surface area contributed by atoms with E-state index in [2.05, 4.69) is 4.98 Å². The number of benzene rings is 1. The second-order valence-corrected chi connectivity index (χ2v) is 9.23. The summed E-state index contributed by atoms with van der Waals surface area (Å²) in [7, 11) is -4.31. The molecule has 1 aromatic carbocycles. The van der Waals surface area contributed by atoms with Gasteiger partial charge in [0.2, 0.25) is 0 Å². The van der Waals surface area contributed by atoms with Crippen molar-refractivity contribution < 1.29 is 38.8 Å². The van der Waals surface area contributed by atoms with Crippen LogP contribution in [-0.4, -0.2) is 44.4 Å². The van der Waals surface area contributed by atoms with E-state index in [1.54, 1.807) is 19.1 Å². The zero-order chi connectivity index (χ0) is 23.5. The smallest absolute Gasteiger partial charge is 0.403 e. The molecule has 2 aliphatic heterocycles. The molecule has 1 aromatic heterocycles. The minimum atomic E-state index is -4.31. The van der Waals surface area contributed by atoms with Crippen LogP contribution in [-0.2, 0) is 25.0 Å². The van der Waals surface area contributed by atoms with Gasteiger partial charge in [-0.2, -0.15) is 0 Å². The van der Waals surface area contributed by atoms with Gasteiger partial charge >= 0.3 is 7.82 Å². The molecule has 2 aliphatic rings. The largest absolute Gasteiger partial charge is 0.530 e. The first-order valence-corrected chi connectivity index (χ1v) is 11.0. The summed E-state index contributed by atoms with van der Waals surface area (Å²) >= 11 is 4.93. The molecule has 1 unspecified atom stereocenters. The number of aromatic nitrogens is 2. The number of phosphoric ester groups is 1. The third kappa shape index (κ3) is 4.12. The van der Waals surface area contributed by atoms with Gasteiger partial charge in [0.1, 0.15) is 24.6 Å². The molecule has 3 N–H and O–H groups in total. The molecule has 1 fully saturated rings. The molecule has 3 heterocycles. The number of hydrogen-bond acceptors (Lipinski definition) is 9. The molecule has 31 heavy (non-hydrogen) atoms. The molecule has 13 heteroatoms. The summed E-state index contributed by atoms with van der Waals surface area (Å²) in [6.45, 7) is 2.30. The number of aryl methyl sites for hydroxylation is 2. The molecule has 5 atom stereocenters. The Morgan fingerprint density at radius 3 is 2.94 bits per heavy atom. The van der Waals surface area contributed by atoms with Crippen molar-refractivity contribution in [1.82, 2.24) is 9.55 Å². The molecule has 0 aliphatic carbocycles. The summed E-state index contributed by atoms with van der Waals surface area (Å²) in [6.07, 6.45) is -6.08. The van der Waals surface area contributed by atoms with Crippen LogP contribution in [0.4, 0.5) is 4.39 Å². The van der Waals surface area contributed by atoms with Crippen LogP contribution >= 0.6 is 20.0 Å². The second kappa shape index (κ2) is 7.89. The monoisotopic (exact) mass is 475 g/mol. The fraction of sp³-hybridized carbons (Fsp3) is 0.444. The molecule has 10 nitrogen and oxygen atoms in total. The van der Waals surface area contributed by atoms with Gasteiger partial charge in [0.25, 0.3) is 11.4 Å². The third-order valence-electron chi connectivity index (χ3n) is 4.83. The van der Waals surface area contributed by atoms with Crippen LogP contribution in [0.25, 0.3) is 0 Å². The molecule has 1 saturated heterocycles. The first kappa shape index (κ1) is 21.0. The zero-order valence-corrected chi connectivity index (χ0v) is 18.1. The van der Waals surface area contributed by atoms with Gasteiger partial charge in [-0.1, -0.05) is 17.7 Å². The van der Waals surface area contributed by atoms with Gasteiger partial charge in [-0.15, -0.1) is 0 Å². The summed E-state index contributed by atoms with van der Waals surface area (Å²) in [5, 5.41) is 20.6. The van der Waals surface area contributed by atoms with Crippen molar-refractivity contribution in [2.45, 2.75) is 44.7 Å². The molecular weight excluding hydrogens is 454 g/mol. The Morgan fingerprint density at radius 2 is 2.23 bits per heavy atom. The minimum absolute atomic E-state index is 0.116. The van der Waals surface area contributed by atoms with Crippen LogP contribution in [0.3, 0.4) is 0 Å². The molecule has 0 saturated carbocycles. The molecule has 0 amide bonds. The van der Waals surface area contributed by atoms with E-state index in [1.807, 2.05) is 6.92 Å². The van der Waals surface area contributed by atoms with Crippen LogP contribution in [0, 0.1) is 18.6 Å². The Labute approximate surface area is 182 Å². The average molecular weight is 475 g/mol. The van der Waals surface area contributed by atoms with E-state index in [9.17, 15) is 19.6 Å². The normalized spacial score (nSPS) is 35.3. The number of nitrogens with zero attached hydrogens (tertiary/aromatic N) is 1. The van der Waals surface area contributed by atoms with Crippen LogP contribution in [0.5, 0.6) is 5.75 Å². The molecule has 0 bridgehead atoms. The molecule has 0 radical (unpaired) electrons. The molecule has 2 aromatic rings. The first-order valence-electron chi connectivity index (χ1n) is 9.63. The highest BCUT2D eigenvalue weighted by Crippen LogP contribution is 2.56. The van der Waals surface area contributed by atoms with Crippen LogP contribution in [0.15, 0.2) is 29.2 Å². The molecular formula is C18H20FN2O8PS. The quantitative estimate of drug-likeness (QED) is 0.450. The number of aliphatic hydroxyl groups excluding tert-OH is 2. The SMILES string of the molecule is [2H][C@@]1(n2ccc(=O)[nH]c2=S)O[C@](F)(COP2(=O)OCc3cc(C)cc(C)c3O2)[C@@H](O)[C@H]1O. The number of H-pyrrole nitrogens is 1. The number of halogens is 1. The maximum atomic E-state index is 15.5. The van der Waals surface area contributed by atoms with E-state index in [1.165, 1.54) is 0 Å². The summed E-state index contributed by atoms with van der Waals surface area (Å²) in [4.78, 5) is 13.6. The van der Waals surface area contributed by atoms with Crippen LogP contribution < -0.4 is 10.1 Å². The molecule has 4 rings (SSSR count). The van der Waals surface area contributed by atoms with E-state index in [0.717, 1.165) is 22.4 Å². The Hall–Kier alpha value is -1.92. The highest BCUT2D eigenvalue weighted by Gasteiger charge is 2.57. The number of rotatable bonds is 4. The number of ether oxygens (including phenoxy) is 1. The Kier molecular flexibility index (Phi) is 5.33. The van der Waals surface area contributed by atoms with Gasteiger partial charge in [-0.25, -0.2) is 8.96 Å². The highest BCUT2D eigenvalue weighted by molar-refractivity contribution is 7.71. The highest BCUT2D eigenvalue weighted by atomic mass is 32.1. The van der Waals surface area contributed by atoms with Crippen LogP contribution in [0.2, 0.25) is 0 Å². The van der Waals surface area contributed by atoms with E-state index in [-0.39, 0.29) is 17.1 Å². The van der Waals surface area contributed by atoms with Gasteiger partial charge in [-0.3, -0.25) is 23.4 Å². The lowest BCUT2D eigenvalue weighted by atomic mass is 10.1. The molecule has 0 spiro atoms. The van der Waals surface area contributed by atoms with Crippen molar-refractivity contribution in [3.8, 4) is 5.75 Å². The number of nitrogens with one attached hydrogen (secondary N) is 1. The van der Waals surface area contributed by atoms with Crippen molar-refractivity contribution in [2.75, 3.05) is 6.61 Å². The summed E-state index contributed by atoms with van der Waals surface area (Å²) in [5.74, 6) is -2.90. The number of phosphoric acid groups is 1. The van der Waals surface area contributed by atoms with Gasteiger partial charge in [0.15, 0.2) is 11.0 Å². The summed E-state index contributed by atoms with van der Waals surface area (Å²) in [5.41, 5.74) is 1.66. The lowest BCUT2D eigenvalue weighted by molar-refractivity contribution is -0.205. The summed E-state index contributed by atoms with van der Waals surface area (Å²) < 4.78 is 57.8. The van der Waals surface area contributed by atoms with Crippen molar-refractivity contribution in [2.24, 2.45) is 0 Å². The number of aliphatic hydroxyl groups is 2. The van der Waals surface area contributed by atoms with Crippen molar-refractivity contribution in [3.63, 3.8) is 0 Å². The van der Waals surface area contributed by atoms with E-state index >= 15 is 4.39 Å². The molecule has 168 valence electrons. The first-order chi connectivity index (χ1) is 14.9. The van der Waals surface area contributed by atoms with Gasteiger partial charge in [0.05, 0.1) is 7.98 Å². The minimum Gasteiger partial charge on any atom is -0.403 e. The van der Waals surface area contributed by atoms with Gasteiger partial charge in [-0.05, 0) is 31.6 Å². The Bertz CT molecular complexity index is 1240. The zero-order valence-electron chi connectivity index (χ0n) is 17.4. The number of hydrogen-bond donors (Lipinski definition) is 3.